The molecule has 0 bridgehead atoms. The molecule has 0 saturated carbocycles. The number of nitrogens with one attached hydrogen (secondary N) is 3. The van der Waals surface area contributed by atoms with Gasteiger partial charge in [0.05, 0.1) is 10.6 Å². The zero-order valence-electron chi connectivity index (χ0n) is 29.7. The first-order valence-corrected chi connectivity index (χ1v) is 17.7. The lowest BCUT2D eigenvalue weighted by Crippen LogP contribution is -2.29. The maximum absolute atomic E-state index is 12.5. The van der Waals surface area contributed by atoms with Crippen molar-refractivity contribution in [1.29, 1.82) is 0 Å². The van der Waals surface area contributed by atoms with Crippen molar-refractivity contribution < 1.29 is 26.3 Å². The summed E-state index contributed by atoms with van der Waals surface area (Å²) in [7, 11) is -3.96. The van der Waals surface area contributed by atoms with E-state index in [1.807, 2.05) is 30.5 Å². The number of alkyl halides is 3. The molecule has 0 radical (unpaired) electrons. The Morgan fingerprint density at radius 3 is 2.22 bits per heavy atom. The van der Waals surface area contributed by atoms with Crippen LogP contribution in [0, 0.1) is 0 Å². The molecule has 0 saturated heterocycles. The van der Waals surface area contributed by atoms with E-state index >= 15 is 0 Å². The van der Waals surface area contributed by atoms with Gasteiger partial charge in [0.2, 0.25) is 10.0 Å². The molecule has 0 aliphatic heterocycles. The van der Waals surface area contributed by atoms with Crippen LogP contribution in [0.1, 0.15) is 64.8 Å². The molecule has 2 aromatic carbocycles. The van der Waals surface area contributed by atoms with Gasteiger partial charge >= 0.3 is 12.1 Å². The number of aliphatic imine (C=N–C) groups is 1. The fraction of sp³-hybridized carbons (Fsp3) is 0.441. The largest absolute Gasteiger partial charge is 0.573 e. The van der Waals surface area contributed by atoms with Gasteiger partial charge in [-0.2, -0.15) is 4.98 Å². The predicted molar refractivity (Wildman–Crippen MR) is 193 cm³/mol. The lowest BCUT2D eigenvalue weighted by Gasteiger charge is -2.21. The highest BCUT2D eigenvalue weighted by Gasteiger charge is 2.32. The molecule has 0 spiro atoms. The maximum atomic E-state index is 12.5. The Morgan fingerprint density at radius 2 is 1.65 bits per heavy atom. The summed E-state index contributed by atoms with van der Waals surface area (Å²) in [6, 6.07) is 13.3. The Labute approximate surface area is 295 Å². The first-order valence-electron chi connectivity index (χ1n) is 16.2. The van der Waals surface area contributed by atoms with Gasteiger partial charge in [-0.1, -0.05) is 53.7 Å². The van der Waals surface area contributed by atoms with Crippen LogP contribution < -0.4 is 37.7 Å². The average molecular weight is 736 g/mol. The summed E-state index contributed by atoms with van der Waals surface area (Å²) >= 11 is 0. The third-order valence-electron chi connectivity index (χ3n) is 7.39. The minimum atomic E-state index is -4.90. The highest BCUT2D eigenvalue weighted by molar-refractivity contribution is 7.89. The summed E-state index contributed by atoms with van der Waals surface area (Å²) in [5, 5.41) is 4.27. The Bertz CT molecular complexity index is 1960. The second-order valence-corrected chi connectivity index (χ2v) is 15.6. The quantitative estimate of drug-likeness (QED) is 0.0708. The molecule has 0 amide bonds. The fourth-order valence-corrected chi connectivity index (χ4v) is 5.74. The summed E-state index contributed by atoms with van der Waals surface area (Å²) in [4.78, 5) is 23.6. The molecule has 51 heavy (non-hydrogen) atoms. The number of fused-ring (bicyclic) bond motifs is 1. The summed E-state index contributed by atoms with van der Waals surface area (Å²) < 4.78 is 69.0. The molecule has 13 nitrogen and oxygen atoms in total. The van der Waals surface area contributed by atoms with Crippen LogP contribution in [0.3, 0.4) is 0 Å². The molecule has 0 atom stereocenters. The first-order chi connectivity index (χ1) is 23.6. The van der Waals surface area contributed by atoms with E-state index in [4.69, 9.17) is 17.2 Å². The van der Waals surface area contributed by atoms with Gasteiger partial charge in [-0.05, 0) is 59.8 Å². The number of aromatic nitrogens is 3. The van der Waals surface area contributed by atoms with E-state index in [0.29, 0.717) is 17.8 Å². The Hall–Kier alpha value is -4.45. The first kappa shape index (κ1) is 41.0. The number of hydrogen-bond donors (Lipinski definition) is 6. The second-order valence-electron chi connectivity index (χ2n) is 13.8. The molecule has 17 heteroatoms. The van der Waals surface area contributed by atoms with E-state index in [1.54, 1.807) is 25.3 Å². The van der Waals surface area contributed by atoms with Crippen LogP contribution in [0.25, 0.3) is 16.7 Å². The minimum Gasteiger partial charge on any atom is -0.406 e. The molecule has 0 fully saturated rings. The maximum Gasteiger partial charge on any atom is 0.573 e. The molecule has 4 aromatic rings. The monoisotopic (exact) mass is 735 g/mol. The highest BCUT2D eigenvalue weighted by Crippen LogP contribution is 2.32. The van der Waals surface area contributed by atoms with Crippen LogP contribution in [-0.2, 0) is 27.4 Å². The lowest BCUT2D eigenvalue weighted by molar-refractivity contribution is -0.274. The molecule has 0 aliphatic rings. The van der Waals surface area contributed by atoms with E-state index in [9.17, 15) is 26.4 Å². The second kappa shape index (κ2) is 16.7. The van der Waals surface area contributed by atoms with Crippen LogP contribution in [0.2, 0.25) is 0 Å². The average Bonchev–Trinajstić information content (AvgIpc) is 3.44. The van der Waals surface area contributed by atoms with E-state index in [0.717, 1.165) is 47.9 Å². The van der Waals surface area contributed by atoms with Crippen molar-refractivity contribution in [1.82, 2.24) is 24.6 Å². The van der Waals surface area contributed by atoms with Gasteiger partial charge < -0.3 is 32.2 Å². The molecular formula is C34H48F3N9O4S. The number of benzene rings is 2. The van der Waals surface area contributed by atoms with Gasteiger partial charge in [0.25, 0.3) is 0 Å². The normalized spacial score (nSPS) is 12.4. The molecule has 0 aliphatic carbocycles. The number of nitrogens with zero attached hydrogens (tertiary/aromatic N) is 3. The van der Waals surface area contributed by atoms with Crippen molar-refractivity contribution in [3.63, 3.8) is 0 Å². The number of H-pyrrole nitrogens is 1. The van der Waals surface area contributed by atoms with Crippen molar-refractivity contribution in [2.24, 2.45) is 22.2 Å². The van der Waals surface area contributed by atoms with Gasteiger partial charge in [0.15, 0.2) is 5.96 Å². The molecule has 280 valence electrons. The van der Waals surface area contributed by atoms with Gasteiger partial charge in [-0.15, -0.1) is 13.2 Å². The van der Waals surface area contributed by atoms with Crippen LogP contribution in [-0.4, -0.2) is 61.5 Å². The van der Waals surface area contributed by atoms with Crippen molar-refractivity contribution in [3.05, 3.63) is 82.0 Å². The number of hydrogen-bond acceptors (Lipinski definition) is 8. The Balaban J connectivity index is 0.000000287. The third kappa shape index (κ3) is 12.7. The van der Waals surface area contributed by atoms with Crippen molar-refractivity contribution in [2.45, 2.75) is 76.6 Å². The predicted octanol–water partition coefficient (Wildman–Crippen LogP) is 3.88. The fourth-order valence-electron chi connectivity index (χ4n) is 4.63. The molecule has 0 unspecified atom stereocenters. The number of nitrogens with two attached hydrogens (primary N) is 3. The smallest absolute Gasteiger partial charge is 0.406 e. The summed E-state index contributed by atoms with van der Waals surface area (Å²) in [6.45, 7) is 13.9. The number of sulfonamides is 1. The number of guanidine groups is 1. The zero-order chi connectivity index (χ0) is 38.2. The molecule has 4 rings (SSSR count). The van der Waals surface area contributed by atoms with Crippen LogP contribution in [0.5, 0.6) is 5.75 Å². The van der Waals surface area contributed by atoms with Crippen molar-refractivity contribution in [2.75, 3.05) is 26.2 Å². The highest BCUT2D eigenvalue weighted by atomic mass is 32.2. The number of ether oxygens (including phenoxy) is 1. The summed E-state index contributed by atoms with van der Waals surface area (Å²) in [6.07, 6.45) is -2.19. The van der Waals surface area contributed by atoms with Gasteiger partial charge in [0, 0.05) is 54.9 Å². The standard InChI is InChI=1S/C21H29N7O.C13H19F3N2O3S/c1-21(2,3)17-11-15-13-28(20(29)27-18(15)26-17)16-7-5-14(6-8-16)12-24-9-4-10-25-19(22)23;1-12(2,3)9-6-10(21-13(14,15)16)8-11(7-9)22(19,20)18-5-4-17/h5-8,11,13,24H,4,9-10,12H2,1-3H3,(H4,22,23,25)(H,26,27,29);6-8,18H,4-5,17H2,1-3H3. The van der Waals surface area contributed by atoms with Crippen LogP contribution in [0.15, 0.2) is 69.4 Å². The van der Waals surface area contributed by atoms with Gasteiger partial charge in [-0.3, -0.25) is 9.56 Å². The zero-order valence-corrected chi connectivity index (χ0v) is 30.5. The number of aromatic amines is 1. The van der Waals surface area contributed by atoms with Crippen LogP contribution >= 0.6 is 0 Å². The molecule has 2 heterocycles. The Kier molecular flexibility index (Phi) is 13.4. The van der Waals surface area contributed by atoms with E-state index in [1.165, 1.54) is 12.1 Å². The number of halogens is 3. The Morgan fingerprint density at radius 1 is 0.980 bits per heavy atom. The summed E-state index contributed by atoms with van der Waals surface area (Å²) in [5.41, 5.74) is 18.9. The molecule has 2 aromatic heterocycles. The molecular weight excluding hydrogens is 687 g/mol. The topological polar surface area (TPSA) is 209 Å². The van der Waals surface area contributed by atoms with E-state index in [-0.39, 0.29) is 35.0 Å². The van der Waals surface area contributed by atoms with E-state index in [2.05, 4.69) is 56.6 Å². The third-order valence-corrected chi connectivity index (χ3v) is 8.83. The van der Waals surface area contributed by atoms with Crippen LogP contribution in [0.4, 0.5) is 13.2 Å². The van der Waals surface area contributed by atoms with Gasteiger partial charge in [0.1, 0.15) is 11.4 Å². The SMILES string of the molecule is CC(C)(C)c1cc(OC(F)(F)F)cc(S(=O)(=O)NCCN)c1.CC(C)(C)c1cc2cn(-c3ccc(CNCCCN=C(N)N)cc3)c(=O)nc2[nH]1. The molecule has 9 N–H and O–H groups in total. The number of rotatable bonds is 12. The summed E-state index contributed by atoms with van der Waals surface area (Å²) in [5.74, 6) is -0.453. The van der Waals surface area contributed by atoms with Crippen molar-refractivity contribution >= 4 is 27.0 Å². The van der Waals surface area contributed by atoms with Gasteiger partial charge in [-0.25, -0.2) is 17.9 Å². The lowest BCUT2D eigenvalue weighted by atomic mass is 9.87. The van der Waals surface area contributed by atoms with Crippen molar-refractivity contribution in [3.8, 4) is 11.4 Å². The minimum absolute atomic E-state index is 0.0163. The van der Waals surface area contributed by atoms with E-state index < -0.39 is 27.6 Å².